The third-order valence-corrected chi connectivity index (χ3v) is 4.17. The van der Waals surface area contributed by atoms with E-state index >= 15 is 0 Å². The SMILES string of the molecule is CCCc1nc(N)c(C)c(N2CCC(C)C(OC)C2)n1. The molecule has 0 aromatic carbocycles. The maximum absolute atomic E-state index is 6.04. The van der Waals surface area contributed by atoms with Crippen LogP contribution in [0, 0.1) is 12.8 Å². The van der Waals surface area contributed by atoms with Gasteiger partial charge in [0.25, 0.3) is 0 Å². The summed E-state index contributed by atoms with van der Waals surface area (Å²) in [6.07, 6.45) is 3.27. The number of aromatic nitrogens is 2. The van der Waals surface area contributed by atoms with Gasteiger partial charge in [-0.25, -0.2) is 9.97 Å². The Balaban J connectivity index is 2.27. The van der Waals surface area contributed by atoms with Crippen LogP contribution in [0.25, 0.3) is 0 Å². The summed E-state index contributed by atoms with van der Waals surface area (Å²) in [4.78, 5) is 11.4. The Bertz CT molecular complexity index is 463. The Morgan fingerprint density at radius 1 is 1.40 bits per heavy atom. The second-order valence-electron chi connectivity index (χ2n) is 5.71. The molecule has 1 saturated heterocycles. The first-order valence-corrected chi connectivity index (χ1v) is 7.47. The Morgan fingerprint density at radius 3 is 2.80 bits per heavy atom. The van der Waals surface area contributed by atoms with Crippen LogP contribution in [0.2, 0.25) is 0 Å². The zero-order valence-corrected chi connectivity index (χ0v) is 13.0. The number of piperidine rings is 1. The van der Waals surface area contributed by atoms with Crippen molar-refractivity contribution in [3.8, 4) is 0 Å². The van der Waals surface area contributed by atoms with E-state index in [4.69, 9.17) is 15.5 Å². The van der Waals surface area contributed by atoms with E-state index in [2.05, 4.69) is 23.7 Å². The van der Waals surface area contributed by atoms with Gasteiger partial charge in [0.05, 0.1) is 6.10 Å². The molecule has 2 unspecified atom stereocenters. The molecule has 1 aromatic heterocycles. The lowest BCUT2D eigenvalue weighted by molar-refractivity contribution is 0.0496. The molecule has 20 heavy (non-hydrogen) atoms. The van der Waals surface area contributed by atoms with Gasteiger partial charge in [-0.2, -0.15) is 0 Å². The number of rotatable bonds is 4. The minimum atomic E-state index is 0.258. The highest BCUT2D eigenvalue weighted by atomic mass is 16.5. The van der Waals surface area contributed by atoms with Crippen molar-refractivity contribution in [2.75, 3.05) is 30.8 Å². The molecule has 0 amide bonds. The van der Waals surface area contributed by atoms with Crippen molar-refractivity contribution in [1.82, 2.24) is 9.97 Å². The first-order chi connectivity index (χ1) is 9.56. The van der Waals surface area contributed by atoms with Crippen LogP contribution in [-0.2, 0) is 11.2 Å². The lowest BCUT2D eigenvalue weighted by Gasteiger charge is -2.37. The first-order valence-electron chi connectivity index (χ1n) is 7.47. The number of anilines is 2. The molecule has 0 radical (unpaired) electrons. The summed E-state index contributed by atoms with van der Waals surface area (Å²) >= 11 is 0. The average Bonchev–Trinajstić information content (AvgIpc) is 2.43. The van der Waals surface area contributed by atoms with Gasteiger partial charge >= 0.3 is 0 Å². The van der Waals surface area contributed by atoms with E-state index in [0.717, 1.165) is 49.6 Å². The second-order valence-corrected chi connectivity index (χ2v) is 5.71. The molecular formula is C15H26N4O. The smallest absolute Gasteiger partial charge is 0.137 e. The Labute approximate surface area is 121 Å². The molecule has 1 fully saturated rings. The minimum Gasteiger partial charge on any atom is -0.383 e. The highest BCUT2D eigenvalue weighted by Crippen LogP contribution is 2.28. The first kappa shape index (κ1) is 15.0. The van der Waals surface area contributed by atoms with Crippen molar-refractivity contribution in [3.63, 3.8) is 0 Å². The number of hydrogen-bond donors (Lipinski definition) is 1. The third kappa shape index (κ3) is 3.03. The molecule has 5 heteroatoms. The molecule has 0 aliphatic carbocycles. The van der Waals surface area contributed by atoms with Crippen molar-refractivity contribution in [2.45, 2.75) is 46.1 Å². The summed E-state index contributed by atoms with van der Waals surface area (Å²) < 4.78 is 5.59. The maximum Gasteiger partial charge on any atom is 0.137 e. The Hall–Kier alpha value is -1.36. The number of hydrogen-bond acceptors (Lipinski definition) is 5. The fourth-order valence-corrected chi connectivity index (χ4v) is 2.74. The van der Waals surface area contributed by atoms with Crippen molar-refractivity contribution in [2.24, 2.45) is 5.92 Å². The van der Waals surface area contributed by atoms with Gasteiger partial charge in [0, 0.05) is 32.2 Å². The van der Waals surface area contributed by atoms with Crippen LogP contribution in [0.3, 0.4) is 0 Å². The van der Waals surface area contributed by atoms with Crippen LogP contribution in [0.1, 0.15) is 38.1 Å². The standard InChI is InChI=1S/C15H26N4O/c1-5-6-13-17-14(16)11(3)15(18-13)19-8-7-10(2)12(9-19)20-4/h10,12H,5-9H2,1-4H3,(H2,16,17,18). The van der Waals surface area contributed by atoms with E-state index in [9.17, 15) is 0 Å². The highest BCUT2D eigenvalue weighted by molar-refractivity contribution is 5.56. The van der Waals surface area contributed by atoms with E-state index in [1.54, 1.807) is 7.11 Å². The van der Waals surface area contributed by atoms with Crippen molar-refractivity contribution < 1.29 is 4.74 Å². The molecule has 1 aliphatic heterocycles. The van der Waals surface area contributed by atoms with Gasteiger partial charge in [0.1, 0.15) is 17.5 Å². The average molecular weight is 278 g/mol. The van der Waals surface area contributed by atoms with E-state index in [-0.39, 0.29) is 6.10 Å². The van der Waals surface area contributed by atoms with Crippen molar-refractivity contribution in [3.05, 3.63) is 11.4 Å². The molecule has 112 valence electrons. The number of aryl methyl sites for hydroxylation is 1. The molecule has 0 bridgehead atoms. The van der Waals surface area contributed by atoms with Crippen molar-refractivity contribution >= 4 is 11.6 Å². The molecule has 2 rings (SSSR count). The van der Waals surface area contributed by atoms with Crippen LogP contribution in [0.4, 0.5) is 11.6 Å². The number of methoxy groups -OCH3 is 1. The predicted molar refractivity (Wildman–Crippen MR) is 82.0 cm³/mol. The Kier molecular flexibility index (Phi) is 4.81. The van der Waals surface area contributed by atoms with Gasteiger partial charge in [-0.15, -0.1) is 0 Å². The third-order valence-electron chi connectivity index (χ3n) is 4.17. The lowest BCUT2D eigenvalue weighted by atomic mass is 9.95. The molecule has 0 saturated carbocycles. The predicted octanol–water partition coefficient (Wildman–Crippen LogP) is 2.18. The molecular weight excluding hydrogens is 252 g/mol. The molecule has 2 N–H and O–H groups in total. The van der Waals surface area contributed by atoms with E-state index in [1.165, 1.54) is 0 Å². The molecule has 2 atom stereocenters. The molecule has 5 nitrogen and oxygen atoms in total. The van der Waals surface area contributed by atoms with E-state index in [0.29, 0.717) is 11.7 Å². The van der Waals surface area contributed by atoms with Gasteiger partial charge in [0.15, 0.2) is 0 Å². The van der Waals surface area contributed by atoms with E-state index in [1.807, 2.05) is 6.92 Å². The van der Waals surface area contributed by atoms with Gasteiger partial charge in [0.2, 0.25) is 0 Å². The van der Waals surface area contributed by atoms with Crippen LogP contribution in [0.15, 0.2) is 0 Å². The molecule has 1 aromatic rings. The van der Waals surface area contributed by atoms with Gasteiger partial charge in [-0.05, 0) is 25.7 Å². The summed E-state index contributed by atoms with van der Waals surface area (Å²) in [5, 5.41) is 0. The number of nitrogen functional groups attached to an aromatic ring is 1. The summed E-state index contributed by atoms with van der Waals surface area (Å²) in [6.45, 7) is 8.25. The summed E-state index contributed by atoms with van der Waals surface area (Å²) in [6, 6.07) is 0. The second kappa shape index (κ2) is 6.39. The summed E-state index contributed by atoms with van der Waals surface area (Å²) in [5.74, 6) is 3.02. The number of nitrogens with two attached hydrogens (primary N) is 1. The van der Waals surface area contributed by atoms with Crippen LogP contribution >= 0.6 is 0 Å². The zero-order chi connectivity index (χ0) is 14.7. The van der Waals surface area contributed by atoms with Crippen LogP contribution in [0.5, 0.6) is 0 Å². The number of nitrogens with zero attached hydrogens (tertiary/aromatic N) is 3. The monoisotopic (exact) mass is 278 g/mol. The molecule has 1 aliphatic rings. The fraction of sp³-hybridized carbons (Fsp3) is 0.733. The van der Waals surface area contributed by atoms with Crippen molar-refractivity contribution in [1.29, 1.82) is 0 Å². The highest BCUT2D eigenvalue weighted by Gasteiger charge is 2.28. The van der Waals surface area contributed by atoms with E-state index < -0.39 is 0 Å². The summed E-state index contributed by atoms with van der Waals surface area (Å²) in [5.41, 5.74) is 7.02. The minimum absolute atomic E-state index is 0.258. The van der Waals surface area contributed by atoms with Gasteiger partial charge in [-0.3, -0.25) is 0 Å². The topological polar surface area (TPSA) is 64.3 Å². The largest absolute Gasteiger partial charge is 0.383 e. The molecule has 2 heterocycles. The Morgan fingerprint density at radius 2 is 2.15 bits per heavy atom. The van der Waals surface area contributed by atoms with Crippen LogP contribution < -0.4 is 10.6 Å². The zero-order valence-electron chi connectivity index (χ0n) is 13.0. The van der Waals surface area contributed by atoms with Gasteiger partial charge < -0.3 is 15.4 Å². The lowest BCUT2D eigenvalue weighted by Crippen LogP contribution is -2.44. The molecule has 0 spiro atoms. The maximum atomic E-state index is 6.04. The normalized spacial score (nSPS) is 23.1. The summed E-state index contributed by atoms with van der Waals surface area (Å²) in [7, 11) is 1.79. The van der Waals surface area contributed by atoms with Crippen LogP contribution in [-0.4, -0.2) is 36.3 Å². The fourth-order valence-electron chi connectivity index (χ4n) is 2.74. The quantitative estimate of drug-likeness (QED) is 0.914. The van der Waals surface area contributed by atoms with Gasteiger partial charge in [-0.1, -0.05) is 13.8 Å². The number of ether oxygens (including phenoxy) is 1.